The molecular weight excluding hydrogens is 217 g/mol. The molecule has 0 bridgehead atoms. The third kappa shape index (κ3) is 2.38. The van der Waals surface area contributed by atoms with E-state index in [2.05, 4.69) is 0 Å². The molecular formula is C14H14FNO. The molecule has 0 aliphatic heterocycles. The van der Waals surface area contributed by atoms with Crippen molar-refractivity contribution in [3.05, 3.63) is 53.3 Å². The molecule has 2 rings (SSSR count). The van der Waals surface area contributed by atoms with Gasteiger partial charge in [0.1, 0.15) is 5.75 Å². The van der Waals surface area contributed by atoms with Crippen LogP contribution in [0.5, 0.6) is 11.5 Å². The third-order valence-corrected chi connectivity index (χ3v) is 2.54. The van der Waals surface area contributed by atoms with Crippen LogP contribution in [0.3, 0.4) is 0 Å². The number of aryl methyl sites for hydroxylation is 2. The summed E-state index contributed by atoms with van der Waals surface area (Å²) in [5, 5.41) is 0. The molecule has 0 atom stereocenters. The number of hydrogen-bond donors (Lipinski definition) is 1. The predicted molar refractivity (Wildman–Crippen MR) is 66.8 cm³/mol. The summed E-state index contributed by atoms with van der Waals surface area (Å²) in [4.78, 5) is 0. The normalized spacial score (nSPS) is 10.3. The third-order valence-electron chi connectivity index (χ3n) is 2.54. The molecule has 17 heavy (non-hydrogen) atoms. The summed E-state index contributed by atoms with van der Waals surface area (Å²) >= 11 is 0. The van der Waals surface area contributed by atoms with Crippen LogP contribution < -0.4 is 10.5 Å². The topological polar surface area (TPSA) is 35.2 Å². The van der Waals surface area contributed by atoms with Crippen molar-refractivity contribution in [2.75, 3.05) is 5.73 Å². The largest absolute Gasteiger partial charge is 0.452 e. The van der Waals surface area contributed by atoms with Gasteiger partial charge in [-0.2, -0.15) is 0 Å². The molecule has 0 spiro atoms. The Morgan fingerprint density at radius 2 is 1.82 bits per heavy atom. The lowest BCUT2D eigenvalue weighted by molar-refractivity contribution is 0.442. The molecule has 88 valence electrons. The highest BCUT2D eigenvalue weighted by atomic mass is 19.1. The molecule has 0 radical (unpaired) electrons. The smallest absolute Gasteiger partial charge is 0.168 e. The SMILES string of the molecule is Cc1ccc(Oc2cccc(C)c2F)c(N)c1. The second-order valence-electron chi connectivity index (χ2n) is 4.03. The number of anilines is 1. The molecule has 2 nitrogen and oxygen atoms in total. The van der Waals surface area contributed by atoms with Gasteiger partial charge in [-0.3, -0.25) is 0 Å². The number of ether oxygens (including phenoxy) is 1. The summed E-state index contributed by atoms with van der Waals surface area (Å²) in [5.74, 6) is 0.313. The first-order valence-corrected chi connectivity index (χ1v) is 5.37. The Hall–Kier alpha value is -2.03. The molecule has 0 saturated carbocycles. The molecule has 2 N–H and O–H groups in total. The Bertz CT molecular complexity index is 552. The molecule has 0 unspecified atom stereocenters. The van der Waals surface area contributed by atoms with E-state index in [1.54, 1.807) is 37.3 Å². The number of rotatable bonds is 2. The lowest BCUT2D eigenvalue weighted by Gasteiger charge is -2.10. The van der Waals surface area contributed by atoms with Crippen molar-refractivity contribution in [1.82, 2.24) is 0 Å². The highest BCUT2D eigenvalue weighted by Gasteiger charge is 2.08. The van der Waals surface area contributed by atoms with Crippen molar-refractivity contribution in [2.24, 2.45) is 0 Å². The zero-order valence-electron chi connectivity index (χ0n) is 9.83. The van der Waals surface area contributed by atoms with Crippen LogP contribution >= 0.6 is 0 Å². The number of nitrogen functional groups attached to an aromatic ring is 1. The van der Waals surface area contributed by atoms with Crippen LogP contribution in [-0.4, -0.2) is 0 Å². The lowest BCUT2D eigenvalue weighted by atomic mass is 10.2. The Balaban J connectivity index is 2.35. The van der Waals surface area contributed by atoms with E-state index >= 15 is 0 Å². The van der Waals surface area contributed by atoms with E-state index in [0.717, 1.165) is 5.56 Å². The van der Waals surface area contributed by atoms with Gasteiger partial charge in [0.2, 0.25) is 0 Å². The molecule has 2 aromatic rings. The first-order chi connectivity index (χ1) is 8.08. The van der Waals surface area contributed by atoms with E-state index in [1.165, 1.54) is 0 Å². The van der Waals surface area contributed by atoms with Gasteiger partial charge < -0.3 is 10.5 Å². The summed E-state index contributed by atoms with van der Waals surface area (Å²) in [6.07, 6.45) is 0. The first-order valence-electron chi connectivity index (χ1n) is 5.37. The molecule has 0 aliphatic rings. The molecule has 0 heterocycles. The highest BCUT2D eigenvalue weighted by molar-refractivity contribution is 5.55. The van der Waals surface area contributed by atoms with Gasteiger partial charge in [0.15, 0.2) is 11.6 Å². The van der Waals surface area contributed by atoms with E-state index in [4.69, 9.17) is 10.5 Å². The van der Waals surface area contributed by atoms with Gasteiger partial charge in [0.25, 0.3) is 0 Å². The van der Waals surface area contributed by atoms with Gasteiger partial charge in [0.05, 0.1) is 5.69 Å². The summed E-state index contributed by atoms with van der Waals surface area (Å²) in [7, 11) is 0. The van der Waals surface area contributed by atoms with E-state index in [-0.39, 0.29) is 11.6 Å². The first kappa shape index (κ1) is 11.5. The average Bonchev–Trinajstić information content (AvgIpc) is 2.28. The van der Waals surface area contributed by atoms with E-state index < -0.39 is 0 Å². The Morgan fingerprint density at radius 3 is 2.53 bits per heavy atom. The molecule has 2 aromatic carbocycles. The quantitative estimate of drug-likeness (QED) is 0.797. The molecule has 0 aliphatic carbocycles. The van der Waals surface area contributed by atoms with Crippen LogP contribution in [0.2, 0.25) is 0 Å². The monoisotopic (exact) mass is 231 g/mol. The summed E-state index contributed by atoms with van der Waals surface area (Å²) in [6.45, 7) is 3.63. The van der Waals surface area contributed by atoms with Crippen molar-refractivity contribution in [1.29, 1.82) is 0 Å². The number of nitrogens with two attached hydrogens (primary N) is 1. The van der Waals surface area contributed by atoms with Crippen LogP contribution in [0.15, 0.2) is 36.4 Å². The van der Waals surface area contributed by atoms with Crippen molar-refractivity contribution in [3.8, 4) is 11.5 Å². The van der Waals surface area contributed by atoms with Crippen molar-refractivity contribution < 1.29 is 9.13 Å². The fraction of sp³-hybridized carbons (Fsp3) is 0.143. The number of benzene rings is 2. The zero-order valence-corrected chi connectivity index (χ0v) is 9.83. The van der Waals surface area contributed by atoms with Crippen molar-refractivity contribution in [2.45, 2.75) is 13.8 Å². The Morgan fingerprint density at radius 1 is 1.06 bits per heavy atom. The van der Waals surface area contributed by atoms with Crippen LogP contribution in [0.4, 0.5) is 10.1 Å². The minimum absolute atomic E-state index is 0.195. The summed E-state index contributed by atoms with van der Waals surface area (Å²) in [6, 6.07) is 10.4. The van der Waals surface area contributed by atoms with Crippen LogP contribution in [0.1, 0.15) is 11.1 Å². The average molecular weight is 231 g/mol. The number of hydrogen-bond acceptors (Lipinski definition) is 2. The van der Waals surface area contributed by atoms with Gasteiger partial charge in [-0.15, -0.1) is 0 Å². The highest BCUT2D eigenvalue weighted by Crippen LogP contribution is 2.30. The Labute approximate surface area is 99.8 Å². The van der Waals surface area contributed by atoms with Gasteiger partial charge in [0, 0.05) is 0 Å². The maximum absolute atomic E-state index is 13.7. The fourth-order valence-electron chi connectivity index (χ4n) is 1.58. The predicted octanol–water partition coefficient (Wildman–Crippen LogP) is 3.82. The second-order valence-corrected chi connectivity index (χ2v) is 4.03. The van der Waals surface area contributed by atoms with Gasteiger partial charge in [-0.05, 0) is 43.2 Å². The van der Waals surface area contributed by atoms with Crippen molar-refractivity contribution >= 4 is 5.69 Å². The molecule has 0 aromatic heterocycles. The second kappa shape index (κ2) is 4.45. The minimum Gasteiger partial charge on any atom is -0.452 e. The van der Waals surface area contributed by atoms with Crippen molar-refractivity contribution in [3.63, 3.8) is 0 Å². The molecule has 0 fully saturated rings. The van der Waals surface area contributed by atoms with Crippen LogP contribution in [0.25, 0.3) is 0 Å². The molecule has 3 heteroatoms. The van der Waals surface area contributed by atoms with E-state index in [0.29, 0.717) is 17.0 Å². The maximum Gasteiger partial charge on any atom is 0.168 e. The maximum atomic E-state index is 13.7. The number of halogens is 1. The fourth-order valence-corrected chi connectivity index (χ4v) is 1.58. The van der Waals surface area contributed by atoms with Gasteiger partial charge >= 0.3 is 0 Å². The summed E-state index contributed by atoms with van der Waals surface area (Å²) in [5.41, 5.74) is 7.91. The Kier molecular flexibility index (Phi) is 3.00. The van der Waals surface area contributed by atoms with Gasteiger partial charge in [-0.1, -0.05) is 18.2 Å². The molecule has 0 saturated heterocycles. The standard InChI is InChI=1S/C14H14FNO/c1-9-6-7-12(11(16)8-9)17-13-5-3-4-10(2)14(13)15/h3-8H,16H2,1-2H3. The minimum atomic E-state index is -0.354. The van der Waals surface area contributed by atoms with E-state index in [1.807, 2.05) is 13.0 Å². The zero-order chi connectivity index (χ0) is 12.4. The van der Waals surface area contributed by atoms with Crippen LogP contribution in [-0.2, 0) is 0 Å². The van der Waals surface area contributed by atoms with Crippen LogP contribution in [0, 0.1) is 19.7 Å². The lowest BCUT2D eigenvalue weighted by Crippen LogP contribution is -1.95. The van der Waals surface area contributed by atoms with Gasteiger partial charge in [-0.25, -0.2) is 4.39 Å². The molecule has 0 amide bonds. The van der Waals surface area contributed by atoms with E-state index in [9.17, 15) is 4.39 Å². The summed E-state index contributed by atoms with van der Waals surface area (Å²) < 4.78 is 19.2.